The topological polar surface area (TPSA) is 56.7 Å². The largest absolute Gasteiger partial charge is 0.352 e. The average Bonchev–Trinajstić information content (AvgIpc) is 3.14. The van der Waals surface area contributed by atoms with Gasteiger partial charge in [0.05, 0.1) is 0 Å². The lowest BCUT2D eigenvalue weighted by Gasteiger charge is -2.26. The molecule has 1 unspecified atom stereocenters. The molecule has 2 N–H and O–H groups in total. The van der Waals surface area contributed by atoms with Gasteiger partial charge in [-0.3, -0.25) is 9.79 Å². The third-order valence-corrected chi connectivity index (χ3v) is 5.86. The van der Waals surface area contributed by atoms with Gasteiger partial charge in [0.15, 0.2) is 5.96 Å². The van der Waals surface area contributed by atoms with E-state index in [0.717, 1.165) is 49.3 Å². The Balaban J connectivity index is 1.46. The van der Waals surface area contributed by atoms with Crippen LogP contribution in [-0.4, -0.2) is 42.9 Å². The third kappa shape index (κ3) is 5.22. The fourth-order valence-electron chi connectivity index (χ4n) is 3.91. The maximum absolute atomic E-state index is 12.7. The van der Waals surface area contributed by atoms with Crippen molar-refractivity contribution in [2.45, 2.75) is 51.1 Å². The van der Waals surface area contributed by atoms with E-state index in [2.05, 4.69) is 48.6 Å². The van der Waals surface area contributed by atoms with E-state index in [9.17, 15) is 4.79 Å². The van der Waals surface area contributed by atoms with Crippen molar-refractivity contribution in [1.82, 2.24) is 15.5 Å². The first-order valence-electron chi connectivity index (χ1n) is 9.66. The van der Waals surface area contributed by atoms with Gasteiger partial charge < -0.3 is 15.5 Å². The zero-order valence-electron chi connectivity index (χ0n) is 15.5. The molecule has 1 atom stereocenters. The summed E-state index contributed by atoms with van der Waals surface area (Å²) >= 11 is 3.50. The highest BCUT2D eigenvalue weighted by Crippen LogP contribution is 2.26. The highest BCUT2D eigenvalue weighted by molar-refractivity contribution is 9.10. The van der Waals surface area contributed by atoms with Gasteiger partial charge in [-0.25, -0.2) is 0 Å². The lowest BCUT2D eigenvalue weighted by atomic mass is 9.88. The number of hydrogen-bond donors (Lipinski definition) is 2. The Morgan fingerprint density at radius 2 is 2.08 bits per heavy atom. The maximum atomic E-state index is 12.7. The van der Waals surface area contributed by atoms with E-state index in [1.807, 2.05) is 12.1 Å². The van der Waals surface area contributed by atoms with Crippen LogP contribution in [0.1, 0.15) is 44.1 Å². The lowest BCUT2D eigenvalue weighted by molar-refractivity contribution is -0.135. The monoisotopic (exact) mass is 420 g/mol. The van der Waals surface area contributed by atoms with Crippen LogP contribution in [0.3, 0.4) is 0 Å². The first kappa shape index (κ1) is 19.2. The lowest BCUT2D eigenvalue weighted by Crippen LogP contribution is -2.45. The summed E-state index contributed by atoms with van der Waals surface area (Å²) in [7, 11) is 1.79. The average molecular weight is 421 g/mol. The van der Waals surface area contributed by atoms with Crippen LogP contribution in [0.4, 0.5) is 0 Å². The van der Waals surface area contributed by atoms with E-state index in [0.29, 0.717) is 5.91 Å². The maximum Gasteiger partial charge on any atom is 0.225 e. The summed E-state index contributed by atoms with van der Waals surface area (Å²) < 4.78 is 1.08. The predicted octanol–water partition coefficient (Wildman–Crippen LogP) is 3.30. The number of nitrogens with one attached hydrogen (secondary N) is 2. The quantitative estimate of drug-likeness (QED) is 0.580. The number of halogens is 1. The summed E-state index contributed by atoms with van der Waals surface area (Å²) in [6.45, 7) is 2.36. The van der Waals surface area contributed by atoms with Crippen LogP contribution in [0.5, 0.6) is 0 Å². The molecule has 5 nitrogen and oxygen atoms in total. The molecule has 0 spiro atoms. The minimum absolute atomic E-state index is 0.261. The van der Waals surface area contributed by atoms with Crippen molar-refractivity contribution in [3.8, 4) is 0 Å². The summed E-state index contributed by atoms with van der Waals surface area (Å²) in [6.07, 6.45) is 6.83. The Labute approximate surface area is 164 Å². The van der Waals surface area contributed by atoms with E-state index in [1.165, 1.54) is 24.8 Å². The molecule has 1 aromatic carbocycles. The van der Waals surface area contributed by atoms with Gasteiger partial charge >= 0.3 is 0 Å². The van der Waals surface area contributed by atoms with Gasteiger partial charge in [-0.05, 0) is 37.0 Å². The molecule has 0 radical (unpaired) electrons. The molecule has 6 heteroatoms. The van der Waals surface area contributed by atoms with Crippen molar-refractivity contribution in [2.75, 3.05) is 20.1 Å². The van der Waals surface area contributed by atoms with Gasteiger partial charge in [-0.15, -0.1) is 0 Å². The molecule has 1 amide bonds. The number of carbonyl (C=O) groups excluding carboxylic acids is 1. The molecule has 26 heavy (non-hydrogen) atoms. The van der Waals surface area contributed by atoms with E-state index in [4.69, 9.17) is 0 Å². The second-order valence-corrected chi connectivity index (χ2v) is 8.22. The van der Waals surface area contributed by atoms with Gasteiger partial charge in [0.2, 0.25) is 5.91 Å². The molecular weight excluding hydrogens is 392 g/mol. The van der Waals surface area contributed by atoms with Gasteiger partial charge in [0, 0.05) is 43.1 Å². The SMILES string of the molecule is CN=C(NCc1cccc(Br)c1)NC1CCN(C(=O)C2CCCCC2)C1. The molecule has 2 fully saturated rings. The second-order valence-electron chi connectivity index (χ2n) is 7.30. The number of guanidine groups is 1. The van der Waals surface area contributed by atoms with Crippen molar-refractivity contribution < 1.29 is 4.79 Å². The van der Waals surface area contributed by atoms with Gasteiger partial charge in [-0.2, -0.15) is 0 Å². The number of carbonyl (C=O) groups is 1. The molecule has 1 saturated heterocycles. The molecule has 3 rings (SSSR count). The molecule has 1 aliphatic carbocycles. The molecule has 142 valence electrons. The zero-order chi connectivity index (χ0) is 18.4. The molecule has 0 aromatic heterocycles. The summed E-state index contributed by atoms with van der Waals surface area (Å²) in [5.41, 5.74) is 1.20. The number of nitrogens with zero attached hydrogens (tertiary/aromatic N) is 2. The summed E-state index contributed by atoms with van der Waals surface area (Å²) in [4.78, 5) is 19.1. The van der Waals surface area contributed by atoms with Crippen LogP contribution in [0.15, 0.2) is 33.7 Å². The fraction of sp³-hybridized carbons (Fsp3) is 0.600. The number of amides is 1. The Hall–Kier alpha value is -1.56. The van der Waals surface area contributed by atoms with Crippen LogP contribution in [0.25, 0.3) is 0 Å². The second kappa shape index (κ2) is 9.40. The fourth-order valence-corrected chi connectivity index (χ4v) is 4.35. The Morgan fingerprint density at radius 3 is 2.81 bits per heavy atom. The van der Waals surface area contributed by atoms with Crippen molar-refractivity contribution >= 4 is 27.8 Å². The van der Waals surface area contributed by atoms with E-state index in [-0.39, 0.29) is 12.0 Å². The van der Waals surface area contributed by atoms with Crippen molar-refractivity contribution in [1.29, 1.82) is 0 Å². The first-order valence-corrected chi connectivity index (χ1v) is 10.5. The van der Waals surface area contributed by atoms with Crippen molar-refractivity contribution in [3.05, 3.63) is 34.3 Å². The standard InChI is InChI=1S/C20H29BrN4O/c1-22-20(23-13-15-6-5-9-17(21)12-15)24-18-10-11-25(14-18)19(26)16-7-3-2-4-8-16/h5-6,9,12,16,18H,2-4,7-8,10-11,13-14H2,1H3,(H2,22,23,24). The van der Waals surface area contributed by atoms with Crippen molar-refractivity contribution in [3.63, 3.8) is 0 Å². The molecule has 1 aliphatic heterocycles. The zero-order valence-corrected chi connectivity index (χ0v) is 17.1. The Morgan fingerprint density at radius 1 is 1.27 bits per heavy atom. The van der Waals surface area contributed by atoms with Crippen LogP contribution in [0.2, 0.25) is 0 Å². The van der Waals surface area contributed by atoms with Crippen LogP contribution >= 0.6 is 15.9 Å². The Kier molecular flexibility index (Phi) is 6.94. The van der Waals surface area contributed by atoms with E-state index < -0.39 is 0 Å². The third-order valence-electron chi connectivity index (χ3n) is 5.37. The molecule has 1 aromatic rings. The van der Waals surface area contributed by atoms with Crippen LogP contribution in [-0.2, 0) is 11.3 Å². The number of aliphatic imine (C=N–C) groups is 1. The van der Waals surface area contributed by atoms with E-state index in [1.54, 1.807) is 7.05 Å². The van der Waals surface area contributed by atoms with Gasteiger partial charge in [-0.1, -0.05) is 47.3 Å². The summed E-state index contributed by atoms with van der Waals surface area (Å²) in [6, 6.07) is 8.51. The Bertz CT molecular complexity index is 642. The number of benzene rings is 1. The minimum atomic E-state index is 0.261. The van der Waals surface area contributed by atoms with E-state index >= 15 is 0 Å². The summed E-state index contributed by atoms with van der Waals surface area (Å²) in [5, 5.41) is 6.83. The highest BCUT2D eigenvalue weighted by atomic mass is 79.9. The number of hydrogen-bond acceptors (Lipinski definition) is 2. The molecular formula is C20H29BrN4O. The summed E-state index contributed by atoms with van der Waals surface area (Å²) in [5.74, 6) is 1.42. The van der Waals surface area contributed by atoms with Gasteiger partial charge in [0.25, 0.3) is 0 Å². The molecule has 1 heterocycles. The normalized spacial score (nSPS) is 21.7. The number of rotatable bonds is 4. The minimum Gasteiger partial charge on any atom is -0.352 e. The predicted molar refractivity (Wildman–Crippen MR) is 109 cm³/mol. The molecule has 1 saturated carbocycles. The number of likely N-dealkylation sites (tertiary alicyclic amines) is 1. The highest BCUT2D eigenvalue weighted by Gasteiger charge is 2.31. The van der Waals surface area contributed by atoms with Crippen LogP contribution < -0.4 is 10.6 Å². The van der Waals surface area contributed by atoms with Crippen molar-refractivity contribution in [2.24, 2.45) is 10.9 Å². The molecule has 2 aliphatic rings. The van der Waals surface area contributed by atoms with Crippen LogP contribution in [0, 0.1) is 5.92 Å². The smallest absolute Gasteiger partial charge is 0.225 e. The first-order chi connectivity index (χ1) is 12.7. The van der Waals surface area contributed by atoms with Gasteiger partial charge in [0.1, 0.15) is 0 Å². The molecule has 0 bridgehead atoms.